The van der Waals surface area contributed by atoms with Crippen LogP contribution in [0.1, 0.15) is 33.1 Å². The van der Waals surface area contributed by atoms with Gasteiger partial charge in [-0.25, -0.2) is 4.98 Å². The van der Waals surface area contributed by atoms with Crippen LogP contribution in [0.2, 0.25) is 0 Å². The standard InChI is InChI=1S/C13H19N5O2/c1-9(13(19)20)4-3-5-10(2)16-11-12-17-15-8-18(12)7-6-14-11/h6-10H,3-5H2,1-2H3,(H,14,16)(H,19,20). The van der Waals surface area contributed by atoms with Crippen molar-refractivity contribution in [3.63, 3.8) is 0 Å². The number of aromatic nitrogens is 4. The van der Waals surface area contributed by atoms with Crippen LogP contribution in [-0.4, -0.2) is 36.7 Å². The van der Waals surface area contributed by atoms with Crippen LogP contribution in [0.25, 0.3) is 5.65 Å². The molecule has 0 aliphatic heterocycles. The van der Waals surface area contributed by atoms with Crippen molar-refractivity contribution in [2.75, 3.05) is 5.32 Å². The van der Waals surface area contributed by atoms with Crippen LogP contribution in [0.4, 0.5) is 5.82 Å². The zero-order valence-electron chi connectivity index (χ0n) is 11.7. The van der Waals surface area contributed by atoms with Gasteiger partial charge in [-0.3, -0.25) is 9.20 Å². The Morgan fingerprint density at radius 2 is 2.25 bits per heavy atom. The lowest BCUT2D eigenvalue weighted by atomic mass is 10.0. The summed E-state index contributed by atoms with van der Waals surface area (Å²) in [5.74, 6) is -0.329. The Hall–Kier alpha value is -2.18. The molecule has 7 heteroatoms. The first-order valence-corrected chi connectivity index (χ1v) is 6.71. The number of carboxylic acids is 1. The van der Waals surface area contributed by atoms with Gasteiger partial charge < -0.3 is 10.4 Å². The molecule has 2 heterocycles. The van der Waals surface area contributed by atoms with Gasteiger partial charge in [-0.1, -0.05) is 13.3 Å². The minimum absolute atomic E-state index is 0.200. The van der Waals surface area contributed by atoms with Crippen molar-refractivity contribution in [3.8, 4) is 0 Å². The number of hydrogen-bond acceptors (Lipinski definition) is 5. The van der Waals surface area contributed by atoms with Gasteiger partial charge in [-0.05, 0) is 19.8 Å². The van der Waals surface area contributed by atoms with Gasteiger partial charge in [0.2, 0.25) is 5.65 Å². The molecule has 2 rings (SSSR count). The average molecular weight is 277 g/mol. The predicted octanol–water partition coefficient (Wildman–Crippen LogP) is 1.82. The molecular formula is C13H19N5O2. The second kappa shape index (κ2) is 6.31. The summed E-state index contributed by atoms with van der Waals surface area (Å²) in [5, 5.41) is 20.0. The van der Waals surface area contributed by atoms with Crippen LogP contribution in [0.5, 0.6) is 0 Å². The maximum atomic E-state index is 10.7. The minimum atomic E-state index is -0.736. The molecule has 0 spiro atoms. The van der Waals surface area contributed by atoms with Gasteiger partial charge in [0.05, 0.1) is 5.92 Å². The number of aliphatic carboxylic acids is 1. The van der Waals surface area contributed by atoms with Crippen LogP contribution in [0.3, 0.4) is 0 Å². The van der Waals surface area contributed by atoms with Crippen LogP contribution < -0.4 is 5.32 Å². The molecule has 0 aliphatic carbocycles. The summed E-state index contributed by atoms with van der Waals surface area (Å²) < 4.78 is 1.80. The van der Waals surface area contributed by atoms with E-state index >= 15 is 0 Å². The Balaban J connectivity index is 1.87. The van der Waals surface area contributed by atoms with Crippen LogP contribution >= 0.6 is 0 Å². The van der Waals surface area contributed by atoms with Gasteiger partial charge >= 0.3 is 5.97 Å². The van der Waals surface area contributed by atoms with E-state index in [0.29, 0.717) is 17.9 Å². The first kappa shape index (κ1) is 14.2. The molecule has 0 aromatic carbocycles. The maximum absolute atomic E-state index is 10.7. The number of carboxylic acid groups (broad SMARTS) is 1. The summed E-state index contributed by atoms with van der Waals surface area (Å²) in [4.78, 5) is 15.0. The molecule has 2 aromatic rings. The molecule has 0 amide bonds. The number of fused-ring (bicyclic) bond motifs is 1. The molecule has 108 valence electrons. The summed E-state index contributed by atoms with van der Waals surface area (Å²) in [6, 6.07) is 0.200. The number of nitrogens with zero attached hydrogens (tertiary/aromatic N) is 4. The van der Waals surface area contributed by atoms with Crippen molar-refractivity contribution in [2.45, 2.75) is 39.2 Å². The van der Waals surface area contributed by atoms with E-state index in [1.807, 2.05) is 6.92 Å². The topological polar surface area (TPSA) is 92.4 Å². The van der Waals surface area contributed by atoms with Crippen molar-refractivity contribution < 1.29 is 9.90 Å². The number of anilines is 1. The lowest BCUT2D eigenvalue weighted by Gasteiger charge is -2.15. The molecule has 0 saturated carbocycles. The van der Waals surface area contributed by atoms with E-state index < -0.39 is 5.97 Å². The summed E-state index contributed by atoms with van der Waals surface area (Å²) in [6.07, 6.45) is 7.54. The fraction of sp³-hybridized carbons (Fsp3) is 0.538. The minimum Gasteiger partial charge on any atom is -0.481 e. The lowest BCUT2D eigenvalue weighted by Crippen LogP contribution is -2.18. The highest BCUT2D eigenvalue weighted by Gasteiger charge is 2.12. The van der Waals surface area contributed by atoms with Crippen molar-refractivity contribution in [3.05, 3.63) is 18.7 Å². The van der Waals surface area contributed by atoms with Gasteiger partial charge in [0.1, 0.15) is 6.33 Å². The first-order valence-electron chi connectivity index (χ1n) is 6.71. The van der Waals surface area contributed by atoms with Gasteiger partial charge in [0.25, 0.3) is 0 Å². The van der Waals surface area contributed by atoms with E-state index in [4.69, 9.17) is 5.11 Å². The zero-order valence-corrected chi connectivity index (χ0v) is 11.7. The molecular weight excluding hydrogens is 258 g/mol. The van der Waals surface area contributed by atoms with Crippen molar-refractivity contribution in [2.24, 2.45) is 5.92 Å². The second-order valence-electron chi connectivity index (χ2n) is 5.05. The number of nitrogens with one attached hydrogen (secondary N) is 1. The van der Waals surface area contributed by atoms with E-state index in [1.54, 1.807) is 30.0 Å². The van der Waals surface area contributed by atoms with E-state index in [-0.39, 0.29) is 12.0 Å². The van der Waals surface area contributed by atoms with E-state index in [1.165, 1.54) is 0 Å². The number of rotatable bonds is 7. The first-order chi connectivity index (χ1) is 9.58. The molecule has 7 nitrogen and oxygen atoms in total. The van der Waals surface area contributed by atoms with E-state index in [9.17, 15) is 4.79 Å². The molecule has 2 atom stereocenters. The number of hydrogen-bond donors (Lipinski definition) is 2. The lowest BCUT2D eigenvalue weighted by molar-refractivity contribution is -0.141. The molecule has 0 saturated heterocycles. The molecule has 2 unspecified atom stereocenters. The third kappa shape index (κ3) is 3.43. The molecule has 0 fully saturated rings. The molecule has 2 aromatic heterocycles. The Bertz CT molecular complexity index is 583. The molecule has 0 bridgehead atoms. The number of carbonyl (C=O) groups is 1. The van der Waals surface area contributed by atoms with Gasteiger partial charge in [0.15, 0.2) is 5.82 Å². The maximum Gasteiger partial charge on any atom is 0.306 e. The Morgan fingerprint density at radius 3 is 3.00 bits per heavy atom. The molecule has 2 N–H and O–H groups in total. The summed E-state index contributed by atoms with van der Waals surface area (Å²) >= 11 is 0. The molecule has 20 heavy (non-hydrogen) atoms. The van der Waals surface area contributed by atoms with E-state index in [2.05, 4.69) is 20.5 Å². The summed E-state index contributed by atoms with van der Waals surface area (Å²) in [5.41, 5.74) is 0.693. The quantitative estimate of drug-likeness (QED) is 0.802. The van der Waals surface area contributed by atoms with Gasteiger partial charge in [-0.15, -0.1) is 10.2 Å². The highest BCUT2D eigenvalue weighted by atomic mass is 16.4. The third-order valence-electron chi connectivity index (χ3n) is 3.29. The van der Waals surface area contributed by atoms with Crippen LogP contribution in [0.15, 0.2) is 18.7 Å². The summed E-state index contributed by atoms with van der Waals surface area (Å²) in [6.45, 7) is 3.78. The third-order valence-corrected chi connectivity index (χ3v) is 3.29. The fourth-order valence-electron chi connectivity index (χ4n) is 2.02. The molecule has 0 radical (unpaired) electrons. The average Bonchev–Trinajstić information content (AvgIpc) is 2.87. The Labute approximate surface area is 117 Å². The van der Waals surface area contributed by atoms with Crippen molar-refractivity contribution in [1.82, 2.24) is 19.6 Å². The summed E-state index contributed by atoms with van der Waals surface area (Å²) in [7, 11) is 0. The highest BCUT2D eigenvalue weighted by Crippen LogP contribution is 2.15. The highest BCUT2D eigenvalue weighted by molar-refractivity contribution is 5.69. The second-order valence-corrected chi connectivity index (χ2v) is 5.05. The SMILES string of the molecule is CC(CCCC(C)C(=O)O)Nc1nccn2cnnc12. The van der Waals surface area contributed by atoms with Gasteiger partial charge in [-0.2, -0.15) is 0 Å². The Morgan fingerprint density at radius 1 is 1.45 bits per heavy atom. The smallest absolute Gasteiger partial charge is 0.306 e. The van der Waals surface area contributed by atoms with Gasteiger partial charge in [0, 0.05) is 18.4 Å². The normalized spacial score (nSPS) is 14.1. The fourth-order valence-corrected chi connectivity index (χ4v) is 2.02. The van der Waals surface area contributed by atoms with Crippen molar-refractivity contribution in [1.29, 1.82) is 0 Å². The Kier molecular flexibility index (Phi) is 4.49. The van der Waals surface area contributed by atoms with E-state index in [0.717, 1.165) is 12.8 Å². The largest absolute Gasteiger partial charge is 0.481 e. The van der Waals surface area contributed by atoms with Crippen LogP contribution in [-0.2, 0) is 4.79 Å². The molecule has 0 aliphatic rings. The van der Waals surface area contributed by atoms with Crippen molar-refractivity contribution >= 4 is 17.4 Å². The monoisotopic (exact) mass is 277 g/mol. The predicted molar refractivity (Wildman–Crippen MR) is 74.5 cm³/mol. The van der Waals surface area contributed by atoms with Crippen LogP contribution in [0, 0.1) is 5.92 Å². The zero-order chi connectivity index (χ0) is 14.5.